The molecule has 2 aromatic heterocycles. The van der Waals surface area contributed by atoms with Gasteiger partial charge in [-0.2, -0.15) is 0 Å². The molecule has 0 saturated carbocycles. The highest BCUT2D eigenvalue weighted by Gasteiger charge is 2.34. The monoisotopic (exact) mass is 463 g/mol. The second kappa shape index (κ2) is 7.78. The number of aromatic nitrogens is 3. The van der Waals surface area contributed by atoms with E-state index in [1.165, 1.54) is 11.6 Å². The van der Waals surface area contributed by atoms with Gasteiger partial charge in [-0.25, -0.2) is 9.78 Å². The third-order valence-electron chi connectivity index (χ3n) is 6.53. The Morgan fingerprint density at radius 3 is 2.23 bits per heavy atom. The minimum absolute atomic E-state index is 0.278. The van der Waals surface area contributed by atoms with Crippen molar-refractivity contribution in [3.8, 4) is 33.9 Å². The van der Waals surface area contributed by atoms with Crippen LogP contribution in [0.1, 0.15) is 17.2 Å². The molecule has 0 saturated heterocycles. The number of fused-ring (bicyclic) bond motifs is 4. The number of hydrogen-bond acceptors (Lipinski definition) is 5. The molecule has 5 aromatic rings. The summed E-state index contributed by atoms with van der Waals surface area (Å²) >= 11 is 0. The molecule has 3 aromatic carbocycles. The molecular weight excluding hydrogens is 442 g/mol. The van der Waals surface area contributed by atoms with Crippen molar-refractivity contribution < 1.29 is 9.84 Å². The number of aliphatic hydroxyl groups is 1. The van der Waals surface area contributed by atoms with Crippen molar-refractivity contribution in [3.63, 3.8) is 0 Å². The first-order valence-electron chi connectivity index (χ1n) is 11.2. The van der Waals surface area contributed by atoms with Gasteiger partial charge in [0.05, 0.1) is 11.1 Å². The Balaban J connectivity index is 1.64. The van der Waals surface area contributed by atoms with Gasteiger partial charge in [-0.05, 0) is 35.4 Å². The zero-order valence-electron chi connectivity index (χ0n) is 19.1. The Morgan fingerprint density at radius 2 is 1.49 bits per heavy atom. The Bertz CT molecular complexity index is 1740. The van der Waals surface area contributed by atoms with E-state index in [2.05, 4.69) is 0 Å². The van der Waals surface area contributed by atoms with Crippen LogP contribution in [0.25, 0.3) is 33.4 Å². The van der Waals surface area contributed by atoms with Crippen LogP contribution >= 0.6 is 0 Å². The van der Waals surface area contributed by atoms with E-state index >= 15 is 0 Å². The first kappa shape index (κ1) is 21.1. The molecule has 1 atom stereocenters. The molecule has 0 bridgehead atoms. The summed E-state index contributed by atoms with van der Waals surface area (Å²) in [6, 6.07) is 24.3. The highest BCUT2D eigenvalue weighted by molar-refractivity contribution is 5.99. The van der Waals surface area contributed by atoms with Crippen molar-refractivity contribution >= 4 is 11.0 Å². The van der Waals surface area contributed by atoms with E-state index < -0.39 is 17.4 Å². The number of benzene rings is 3. The van der Waals surface area contributed by atoms with E-state index in [1.54, 1.807) is 7.05 Å². The Kier molecular flexibility index (Phi) is 4.69. The largest absolute Gasteiger partial charge is 0.457 e. The summed E-state index contributed by atoms with van der Waals surface area (Å²) in [4.78, 5) is 30.8. The van der Waals surface area contributed by atoms with Crippen LogP contribution in [0.4, 0.5) is 0 Å². The zero-order chi connectivity index (χ0) is 24.3. The van der Waals surface area contributed by atoms with Gasteiger partial charge in [0, 0.05) is 30.8 Å². The van der Waals surface area contributed by atoms with Crippen LogP contribution in [0.2, 0.25) is 0 Å². The molecule has 0 amide bonds. The predicted octanol–water partition coefficient (Wildman–Crippen LogP) is 4.15. The Hall–Kier alpha value is -4.49. The smallest absolute Gasteiger partial charge is 0.332 e. The number of nitrogens with zero attached hydrogens (tertiary/aromatic N) is 3. The lowest BCUT2D eigenvalue weighted by atomic mass is 9.94. The summed E-state index contributed by atoms with van der Waals surface area (Å²) in [6.45, 7) is 0. The van der Waals surface area contributed by atoms with Crippen LogP contribution in [-0.4, -0.2) is 19.2 Å². The molecule has 0 unspecified atom stereocenters. The first-order valence-corrected chi connectivity index (χ1v) is 11.2. The van der Waals surface area contributed by atoms with E-state index in [4.69, 9.17) is 9.72 Å². The second-order valence-electron chi connectivity index (χ2n) is 8.58. The van der Waals surface area contributed by atoms with Crippen molar-refractivity contribution in [3.05, 3.63) is 111 Å². The minimum atomic E-state index is -0.949. The van der Waals surface area contributed by atoms with Crippen molar-refractivity contribution in [2.45, 2.75) is 6.10 Å². The van der Waals surface area contributed by atoms with E-state index in [0.717, 1.165) is 21.3 Å². The van der Waals surface area contributed by atoms with E-state index in [-0.39, 0.29) is 11.0 Å². The third-order valence-corrected chi connectivity index (χ3v) is 6.53. The van der Waals surface area contributed by atoms with Gasteiger partial charge in [-0.3, -0.25) is 13.9 Å². The number of hydrogen-bond donors (Lipinski definition) is 1. The van der Waals surface area contributed by atoms with Crippen LogP contribution in [0, 0.1) is 0 Å². The number of para-hydroxylation sites is 1. The summed E-state index contributed by atoms with van der Waals surface area (Å²) in [5, 5.41) is 11.6. The van der Waals surface area contributed by atoms with Crippen LogP contribution in [-0.2, 0) is 14.1 Å². The molecule has 0 aliphatic heterocycles. The van der Waals surface area contributed by atoms with Gasteiger partial charge in [0.15, 0.2) is 5.65 Å². The van der Waals surface area contributed by atoms with Crippen molar-refractivity contribution in [1.29, 1.82) is 0 Å². The van der Waals surface area contributed by atoms with Gasteiger partial charge < -0.3 is 9.84 Å². The van der Waals surface area contributed by atoms with Gasteiger partial charge in [-0.15, -0.1) is 0 Å². The molecule has 172 valence electrons. The standard InChI is InChI=1S/C28H21N3O4/c1-30-26-23(27(33)31(2)28(30)34)21(22-24(29-26)19-10-6-7-11-20(19)25(22)32)16-12-14-18(15-13-16)35-17-8-4-3-5-9-17/h3-15,25,32H,1-2H3/t25-/m0/s1. The van der Waals surface area contributed by atoms with Crippen molar-refractivity contribution in [1.82, 2.24) is 14.1 Å². The summed E-state index contributed by atoms with van der Waals surface area (Å²) in [5.74, 6) is 1.35. The predicted molar refractivity (Wildman–Crippen MR) is 134 cm³/mol. The van der Waals surface area contributed by atoms with Gasteiger partial charge in [-0.1, -0.05) is 54.6 Å². The molecule has 6 rings (SSSR count). The molecule has 1 aliphatic rings. The lowest BCUT2D eigenvalue weighted by Crippen LogP contribution is -2.37. The zero-order valence-corrected chi connectivity index (χ0v) is 19.1. The second-order valence-corrected chi connectivity index (χ2v) is 8.58. The maximum Gasteiger partial charge on any atom is 0.332 e. The van der Waals surface area contributed by atoms with Crippen LogP contribution in [0.3, 0.4) is 0 Å². The number of ether oxygens (including phenoxy) is 1. The fraction of sp³-hybridized carbons (Fsp3) is 0.107. The van der Waals surface area contributed by atoms with Gasteiger partial charge in [0.2, 0.25) is 0 Å². The number of pyridine rings is 1. The van der Waals surface area contributed by atoms with E-state index in [1.807, 2.05) is 78.9 Å². The lowest BCUT2D eigenvalue weighted by Gasteiger charge is -2.17. The summed E-state index contributed by atoms with van der Waals surface area (Å²) in [5.41, 5.74) is 3.29. The maximum atomic E-state index is 13.4. The maximum absolute atomic E-state index is 13.4. The van der Waals surface area contributed by atoms with Crippen LogP contribution in [0.15, 0.2) is 88.5 Å². The van der Waals surface area contributed by atoms with Crippen LogP contribution < -0.4 is 16.0 Å². The molecule has 35 heavy (non-hydrogen) atoms. The third kappa shape index (κ3) is 3.13. The van der Waals surface area contributed by atoms with Gasteiger partial charge >= 0.3 is 5.69 Å². The summed E-state index contributed by atoms with van der Waals surface area (Å²) in [6.07, 6.45) is -0.949. The average Bonchev–Trinajstić information content (AvgIpc) is 3.18. The number of aliphatic hydroxyl groups excluding tert-OH is 1. The lowest BCUT2D eigenvalue weighted by molar-refractivity contribution is 0.225. The number of aryl methyl sites for hydroxylation is 1. The van der Waals surface area contributed by atoms with E-state index in [9.17, 15) is 14.7 Å². The fourth-order valence-electron chi connectivity index (χ4n) is 4.79. The quantitative estimate of drug-likeness (QED) is 0.434. The molecule has 2 heterocycles. The summed E-state index contributed by atoms with van der Waals surface area (Å²) in [7, 11) is 3.05. The SMILES string of the molecule is Cn1c(=O)c2c(-c3ccc(Oc4ccccc4)cc3)c3c(nc2n(C)c1=O)-c1ccccc1[C@@H]3O. The molecule has 0 radical (unpaired) electrons. The fourth-order valence-corrected chi connectivity index (χ4v) is 4.79. The number of rotatable bonds is 3. The first-order chi connectivity index (χ1) is 17.0. The van der Waals surface area contributed by atoms with Gasteiger partial charge in [0.25, 0.3) is 5.56 Å². The molecule has 0 spiro atoms. The highest BCUT2D eigenvalue weighted by Crippen LogP contribution is 2.48. The minimum Gasteiger partial charge on any atom is -0.457 e. The molecule has 7 nitrogen and oxygen atoms in total. The molecular formula is C28H21N3O4. The summed E-state index contributed by atoms with van der Waals surface area (Å²) < 4.78 is 8.37. The molecule has 0 fully saturated rings. The molecule has 1 N–H and O–H groups in total. The average molecular weight is 463 g/mol. The molecule has 7 heteroatoms. The van der Waals surface area contributed by atoms with E-state index in [0.29, 0.717) is 28.3 Å². The normalized spacial score (nSPS) is 14.1. The van der Waals surface area contributed by atoms with Crippen molar-refractivity contribution in [2.75, 3.05) is 0 Å². The molecule has 1 aliphatic carbocycles. The Labute approximate surface area is 200 Å². The van der Waals surface area contributed by atoms with Gasteiger partial charge in [0.1, 0.15) is 17.6 Å². The highest BCUT2D eigenvalue weighted by atomic mass is 16.5. The van der Waals surface area contributed by atoms with Crippen LogP contribution in [0.5, 0.6) is 11.5 Å². The van der Waals surface area contributed by atoms with Crippen molar-refractivity contribution in [2.24, 2.45) is 14.1 Å². The Morgan fingerprint density at radius 1 is 0.829 bits per heavy atom. The topological polar surface area (TPSA) is 86.4 Å².